The number of hydrogen-bond donors (Lipinski definition) is 0. The molecule has 0 saturated carbocycles. The zero-order valence-corrected chi connectivity index (χ0v) is 9.93. The first-order chi connectivity index (χ1) is 8.17. The Morgan fingerprint density at radius 3 is 3.00 bits per heavy atom. The smallest absolute Gasteiger partial charge is 0.224 e. The number of anilines is 1. The third kappa shape index (κ3) is 1.96. The van der Waals surface area contributed by atoms with Crippen molar-refractivity contribution in [2.45, 2.75) is 25.8 Å². The summed E-state index contributed by atoms with van der Waals surface area (Å²) in [6.07, 6.45) is 1.08. The van der Waals surface area contributed by atoms with Crippen LogP contribution in [-0.4, -0.2) is 19.1 Å². The minimum absolute atomic E-state index is 0.0193. The van der Waals surface area contributed by atoms with Crippen LogP contribution in [0, 0.1) is 11.3 Å². The van der Waals surface area contributed by atoms with E-state index in [2.05, 4.69) is 6.07 Å². The summed E-state index contributed by atoms with van der Waals surface area (Å²) in [5.74, 6) is 0.763. The van der Waals surface area contributed by atoms with Crippen LogP contribution in [0.3, 0.4) is 0 Å². The Bertz CT molecular complexity index is 491. The molecule has 4 heteroatoms. The van der Waals surface area contributed by atoms with Crippen molar-refractivity contribution in [3.63, 3.8) is 0 Å². The molecule has 0 N–H and O–H groups in total. The van der Waals surface area contributed by atoms with Gasteiger partial charge in [0.15, 0.2) is 0 Å². The van der Waals surface area contributed by atoms with Gasteiger partial charge < -0.3 is 9.64 Å². The maximum Gasteiger partial charge on any atom is 0.224 e. The summed E-state index contributed by atoms with van der Waals surface area (Å²) in [5, 5.41) is 8.79. The number of benzene rings is 1. The molecule has 1 atom stereocenters. The average Bonchev–Trinajstić information content (AvgIpc) is 2.66. The van der Waals surface area contributed by atoms with E-state index in [1.807, 2.05) is 18.2 Å². The molecule has 2 rings (SSSR count). The molecule has 0 spiro atoms. The predicted octanol–water partition coefficient (Wildman–Crippen LogP) is 1.89. The van der Waals surface area contributed by atoms with Gasteiger partial charge in [0.25, 0.3) is 0 Å². The lowest BCUT2D eigenvalue weighted by Gasteiger charge is -2.22. The molecular formula is C13H14N2O2. The summed E-state index contributed by atoms with van der Waals surface area (Å²) < 4.78 is 5.16. The minimum atomic E-state index is -0.0420. The van der Waals surface area contributed by atoms with E-state index in [4.69, 9.17) is 10.00 Å². The topological polar surface area (TPSA) is 53.3 Å². The highest BCUT2D eigenvalue weighted by molar-refractivity contribution is 5.94. The molecule has 88 valence electrons. The quantitative estimate of drug-likeness (QED) is 0.779. The van der Waals surface area contributed by atoms with Gasteiger partial charge in [-0.15, -0.1) is 0 Å². The van der Waals surface area contributed by atoms with Crippen molar-refractivity contribution in [1.29, 1.82) is 5.26 Å². The highest BCUT2D eigenvalue weighted by atomic mass is 16.5. The minimum Gasteiger partial charge on any atom is -0.497 e. The van der Waals surface area contributed by atoms with Crippen molar-refractivity contribution < 1.29 is 9.53 Å². The Labute approximate surface area is 100 Å². The molecule has 0 saturated heterocycles. The van der Waals surface area contributed by atoms with Gasteiger partial charge in [-0.3, -0.25) is 4.79 Å². The fraction of sp³-hybridized carbons (Fsp3) is 0.385. The van der Waals surface area contributed by atoms with Gasteiger partial charge in [0.1, 0.15) is 5.75 Å². The van der Waals surface area contributed by atoms with Gasteiger partial charge in [-0.2, -0.15) is 5.26 Å². The standard InChI is InChI=1S/C13H14N2O2/c1-9(16)15-11(5-6-14)7-10-8-12(17-2)3-4-13(10)15/h3-4,8,11H,5,7H2,1-2H3. The van der Waals surface area contributed by atoms with Gasteiger partial charge in [-0.25, -0.2) is 0 Å². The molecule has 17 heavy (non-hydrogen) atoms. The van der Waals surface area contributed by atoms with Gasteiger partial charge in [0.2, 0.25) is 5.91 Å². The van der Waals surface area contributed by atoms with Crippen LogP contribution < -0.4 is 9.64 Å². The molecule has 1 aromatic carbocycles. The number of methoxy groups -OCH3 is 1. The van der Waals surface area contributed by atoms with E-state index in [1.165, 1.54) is 6.92 Å². The van der Waals surface area contributed by atoms with Gasteiger partial charge in [0.05, 0.1) is 25.6 Å². The van der Waals surface area contributed by atoms with Crippen LogP contribution >= 0.6 is 0 Å². The summed E-state index contributed by atoms with van der Waals surface area (Å²) in [4.78, 5) is 13.3. The molecule has 1 heterocycles. The highest BCUT2D eigenvalue weighted by Gasteiger charge is 2.31. The zero-order valence-electron chi connectivity index (χ0n) is 9.93. The van der Waals surface area contributed by atoms with Crippen molar-refractivity contribution in [2.75, 3.05) is 12.0 Å². The van der Waals surface area contributed by atoms with Crippen molar-refractivity contribution in [1.82, 2.24) is 0 Å². The van der Waals surface area contributed by atoms with E-state index in [9.17, 15) is 4.79 Å². The number of carbonyl (C=O) groups excluding carboxylic acids is 1. The maximum absolute atomic E-state index is 11.6. The van der Waals surface area contributed by atoms with Gasteiger partial charge in [-0.1, -0.05) is 0 Å². The Balaban J connectivity index is 2.39. The van der Waals surface area contributed by atoms with Crippen LogP contribution in [0.1, 0.15) is 18.9 Å². The Kier molecular flexibility index (Phi) is 3.01. The van der Waals surface area contributed by atoms with E-state index < -0.39 is 0 Å². The van der Waals surface area contributed by atoms with Gasteiger partial charge in [-0.05, 0) is 30.2 Å². The number of carbonyl (C=O) groups is 1. The van der Waals surface area contributed by atoms with Crippen LogP contribution in [0.4, 0.5) is 5.69 Å². The van der Waals surface area contributed by atoms with E-state index >= 15 is 0 Å². The molecule has 4 nitrogen and oxygen atoms in total. The van der Waals surface area contributed by atoms with Crippen molar-refractivity contribution >= 4 is 11.6 Å². The van der Waals surface area contributed by atoms with Gasteiger partial charge in [0, 0.05) is 12.6 Å². The van der Waals surface area contributed by atoms with E-state index in [-0.39, 0.29) is 11.9 Å². The number of rotatable bonds is 2. The van der Waals surface area contributed by atoms with E-state index in [0.717, 1.165) is 23.4 Å². The summed E-state index contributed by atoms with van der Waals surface area (Å²) in [6, 6.07) is 7.74. The fourth-order valence-electron chi connectivity index (χ4n) is 2.32. The molecule has 0 radical (unpaired) electrons. The molecule has 0 aliphatic carbocycles. The number of ether oxygens (including phenoxy) is 1. The Hall–Kier alpha value is -2.02. The molecule has 1 aliphatic heterocycles. The number of nitriles is 1. The average molecular weight is 230 g/mol. The first-order valence-corrected chi connectivity index (χ1v) is 5.51. The molecule has 1 aliphatic rings. The van der Waals surface area contributed by atoms with Crippen LogP contribution in [0.2, 0.25) is 0 Å². The Morgan fingerprint density at radius 1 is 1.65 bits per heavy atom. The number of nitrogens with zero attached hydrogens (tertiary/aromatic N) is 2. The first kappa shape index (κ1) is 11.5. The lowest BCUT2D eigenvalue weighted by Crippen LogP contribution is -2.35. The molecule has 1 aromatic rings. The van der Waals surface area contributed by atoms with Crippen molar-refractivity contribution in [3.05, 3.63) is 23.8 Å². The molecule has 0 bridgehead atoms. The van der Waals surface area contributed by atoms with Crippen LogP contribution in [0.15, 0.2) is 18.2 Å². The molecule has 1 amide bonds. The summed E-state index contributed by atoms with van der Waals surface area (Å²) >= 11 is 0. The SMILES string of the molecule is COc1ccc2c(c1)CC(CC#N)N2C(C)=O. The maximum atomic E-state index is 11.6. The second-order valence-electron chi connectivity index (χ2n) is 4.10. The van der Waals surface area contributed by atoms with Crippen LogP contribution in [0.25, 0.3) is 0 Å². The second kappa shape index (κ2) is 4.46. The summed E-state index contributed by atoms with van der Waals surface area (Å²) in [6.45, 7) is 1.53. The Morgan fingerprint density at radius 2 is 2.41 bits per heavy atom. The van der Waals surface area contributed by atoms with Crippen molar-refractivity contribution in [2.24, 2.45) is 0 Å². The monoisotopic (exact) mass is 230 g/mol. The van der Waals surface area contributed by atoms with Gasteiger partial charge >= 0.3 is 0 Å². The first-order valence-electron chi connectivity index (χ1n) is 5.51. The second-order valence-corrected chi connectivity index (χ2v) is 4.10. The fourth-order valence-corrected chi connectivity index (χ4v) is 2.32. The molecule has 1 unspecified atom stereocenters. The third-order valence-electron chi connectivity index (χ3n) is 3.03. The molecular weight excluding hydrogens is 216 g/mol. The normalized spacial score (nSPS) is 17.5. The molecule has 0 aromatic heterocycles. The summed E-state index contributed by atoms with van der Waals surface area (Å²) in [7, 11) is 1.62. The summed E-state index contributed by atoms with van der Waals surface area (Å²) in [5.41, 5.74) is 1.97. The number of amides is 1. The zero-order chi connectivity index (χ0) is 12.4. The van der Waals surface area contributed by atoms with E-state index in [1.54, 1.807) is 12.0 Å². The van der Waals surface area contributed by atoms with Crippen molar-refractivity contribution in [3.8, 4) is 11.8 Å². The van der Waals surface area contributed by atoms with Crippen LogP contribution in [-0.2, 0) is 11.2 Å². The largest absolute Gasteiger partial charge is 0.497 e. The van der Waals surface area contributed by atoms with E-state index in [0.29, 0.717) is 6.42 Å². The third-order valence-corrected chi connectivity index (χ3v) is 3.03. The highest BCUT2D eigenvalue weighted by Crippen LogP contribution is 2.35. The predicted molar refractivity (Wildman–Crippen MR) is 63.9 cm³/mol. The number of fused-ring (bicyclic) bond motifs is 1. The van der Waals surface area contributed by atoms with Crippen LogP contribution in [0.5, 0.6) is 5.75 Å². The lowest BCUT2D eigenvalue weighted by molar-refractivity contribution is -0.116. The lowest BCUT2D eigenvalue weighted by atomic mass is 10.1. The molecule has 0 fully saturated rings. The number of hydrogen-bond acceptors (Lipinski definition) is 3.